The van der Waals surface area contributed by atoms with Gasteiger partial charge in [0.2, 0.25) is 0 Å². The van der Waals surface area contributed by atoms with Crippen LogP contribution in [-0.4, -0.2) is 35.2 Å². The lowest BCUT2D eigenvalue weighted by atomic mass is 10.2. The number of para-hydroxylation sites is 1. The van der Waals surface area contributed by atoms with E-state index in [2.05, 4.69) is 39.5 Å². The van der Waals surface area contributed by atoms with Gasteiger partial charge in [0, 0.05) is 37.1 Å². The second kappa shape index (κ2) is 8.36. The Balaban J connectivity index is 0.00000208. The van der Waals surface area contributed by atoms with E-state index in [1.165, 1.54) is 11.8 Å². The zero-order chi connectivity index (χ0) is 16.1. The van der Waals surface area contributed by atoms with E-state index in [0.29, 0.717) is 6.04 Å². The first-order valence-corrected chi connectivity index (χ1v) is 7.64. The lowest BCUT2D eigenvalue weighted by Crippen LogP contribution is -2.26. The van der Waals surface area contributed by atoms with Crippen LogP contribution in [0.15, 0.2) is 54.7 Å². The summed E-state index contributed by atoms with van der Waals surface area (Å²) in [5, 5.41) is 12.1. The largest absolute Gasteiger partial charge is 0.478 e. The number of carboxylic acid groups (broad SMARTS) is 1. The Hall–Kier alpha value is -2.53. The predicted octanol–water partition coefficient (Wildman–Crippen LogP) is 3.29. The fraction of sp³-hybridized carbons (Fsp3) is 0.222. The highest BCUT2D eigenvalue weighted by molar-refractivity contribution is 5.85. The van der Waals surface area contributed by atoms with E-state index in [-0.39, 0.29) is 12.4 Å². The van der Waals surface area contributed by atoms with Gasteiger partial charge in [0.25, 0.3) is 0 Å². The molecule has 0 saturated carbocycles. The summed E-state index contributed by atoms with van der Waals surface area (Å²) in [4.78, 5) is 17.2. The second-order valence-electron chi connectivity index (χ2n) is 5.56. The number of carbonyl (C=O) groups is 1. The van der Waals surface area contributed by atoms with Crippen LogP contribution in [0.25, 0.3) is 6.08 Å². The molecule has 24 heavy (non-hydrogen) atoms. The van der Waals surface area contributed by atoms with Crippen molar-refractivity contribution in [2.45, 2.75) is 12.5 Å². The standard InChI is InChI=1S/C18H19N3O2.ClH/c22-18(23)9-7-14-6-8-17(19-12-14)20-15-10-11-21(13-15)16-4-2-1-3-5-16;/h1-9,12,15H,10-11,13H2,(H,19,20)(H,22,23);1H/t15-;/m1./s1. The summed E-state index contributed by atoms with van der Waals surface area (Å²) in [6.45, 7) is 1.98. The van der Waals surface area contributed by atoms with Crippen molar-refractivity contribution < 1.29 is 9.90 Å². The van der Waals surface area contributed by atoms with Crippen LogP contribution in [0, 0.1) is 0 Å². The summed E-state index contributed by atoms with van der Waals surface area (Å²) in [5.74, 6) is -0.142. The van der Waals surface area contributed by atoms with Gasteiger partial charge in [-0.15, -0.1) is 12.4 Å². The Morgan fingerprint density at radius 2 is 2.04 bits per heavy atom. The van der Waals surface area contributed by atoms with Gasteiger partial charge >= 0.3 is 5.97 Å². The van der Waals surface area contributed by atoms with Gasteiger partial charge in [-0.05, 0) is 42.3 Å². The quantitative estimate of drug-likeness (QED) is 0.814. The van der Waals surface area contributed by atoms with E-state index >= 15 is 0 Å². The minimum Gasteiger partial charge on any atom is -0.478 e. The molecular formula is C18H20ClN3O2. The molecule has 5 nitrogen and oxygen atoms in total. The number of anilines is 2. The Labute approximate surface area is 147 Å². The Morgan fingerprint density at radius 1 is 1.25 bits per heavy atom. The summed E-state index contributed by atoms with van der Waals surface area (Å²) in [6.07, 6.45) is 5.38. The molecule has 0 bridgehead atoms. The molecule has 1 aliphatic rings. The highest BCUT2D eigenvalue weighted by atomic mass is 35.5. The first-order chi connectivity index (χ1) is 11.2. The number of nitrogens with one attached hydrogen (secondary N) is 1. The van der Waals surface area contributed by atoms with E-state index in [1.54, 1.807) is 6.20 Å². The van der Waals surface area contributed by atoms with Crippen LogP contribution in [0.4, 0.5) is 11.5 Å². The lowest BCUT2D eigenvalue weighted by molar-refractivity contribution is -0.131. The molecular weight excluding hydrogens is 326 g/mol. The number of aromatic nitrogens is 1. The maximum Gasteiger partial charge on any atom is 0.328 e. The van der Waals surface area contributed by atoms with Crippen LogP contribution < -0.4 is 10.2 Å². The molecule has 0 radical (unpaired) electrons. The molecule has 0 amide bonds. The molecule has 2 heterocycles. The maximum atomic E-state index is 10.5. The minimum absolute atomic E-state index is 0. The van der Waals surface area contributed by atoms with Crippen LogP contribution in [0.2, 0.25) is 0 Å². The molecule has 0 aliphatic carbocycles. The van der Waals surface area contributed by atoms with Crippen molar-refractivity contribution in [2.24, 2.45) is 0 Å². The van der Waals surface area contributed by atoms with Crippen molar-refractivity contribution in [3.05, 3.63) is 60.3 Å². The van der Waals surface area contributed by atoms with Crippen molar-refractivity contribution in [3.63, 3.8) is 0 Å². The zero-order valence-corrected chi connectivity index (χ0v) is 13.9. The number of hydrogen-bond donors (Lipinski definition) is 2. The average molecular weight is 346 g/mol. The summed E-state index contributed by atoms with van der Waals surface area (Å²) >= 11 is 0. The monoisotopic (exact) mass is 345 g/mol. The molecule has 2 N–H and O–H groups in total. The summed E-state index contributed by atoms with van der Waals surface area (Å²) in [6, 6.07) is 14.5. The van der Waals surface area contributed by atoms with Crippen LogP contribution in [0.1, 0.15) is 12.0 Å². The zero-order valence-electron chi connectivity index (χ0n) is 13.1. The number of rotatable bonds is 5. The van der Waals surface area contributed by atoms with Gasteiger partial charge in [-0.2, -0.15) is 0 Å². The predicted molar refractivity (Wildman–Crippen MR) is 98.8 cm³/mol. The van der Waals surface area contributed by atoms with Crippen molar-refractivity contribution in [2.75, 3.05) is 23.3 Å². The normalized spacial score (nSPS) is 16.8. The number of aliphatic carboxylic acids is 1. The van der Waals surface area contributed by atoms with Gasteiger partial charge in [-0.25, -0.2) is 9.78 Å². The average Bonchev–Trinajstić information content (AvgIpc) is 3.03. The van der Waals surface area contributed by atoms with Gasteiger partial charge in [0.15, 0.2) is 0 Å². The van der Waals surface area contributed by atoms with E-state index < -0.39 is 5.97 Å². The Bertz CT molecular complexity index is 689. The number of nitrogens with zero attached hydrogens (tertiary/aromatic N) is 2. The van der Waals surface area contributed by atoms with Crippen molar-refractivity contribution in [1.82, 2.24) is 4.98 Å². The summed E-state index contributed by atoms with van der Waals surface area (Å²) in [5.41, 5.74) is 2.02. The second-order valence-corrected chi connectivity index (χ2v) is 5.56. The topological polar surface area (TPSA) is 65.5 Å². The fourth-order valence-corrected chi connectivity index (χ4v) is 2.72. The molecule has 126 valence electrons. The molecule has 1 aromatic heterocycles. The molecule has 1 fully saturated rings. The van der Waals surface area contributed by atoms with Crippen molar-refractivity contribution >= 4 is 36.0 Å². The first-order valence-electron chi connectivity index (χ1n) is 7.64. The van der Waals surface area contributed by atoms with Gasteiger partial charge in [0.05, 0.1) is 0 Å². The summed E-state index contributed by atoms with van der Waals surface area (Å²) in [7, 11) is 0. The lowest BCUT2D eigenvalue weighted by Gasteiger charge is -2.19. The van der Waals surface area contributed by atoms with E-state index in [0.717, 1.165) is 37.0 Å². The number of benzene rings is 1. The van der Waals surface area contributed by atoms with Gasteiger partial charge < -0.3 is 15.3 Å². The van der Waals surface area contributed by atoms with Crippen LogP contribution >= 0.6 is 12.4 Å². The SMILES string of the molecule is Cl.O=C(O)C=Cc1ccc(N[C@@H]2CCN(c3ccccc3)C2)nc1. The number of pyridine rings is 1. The Morgan fingerprint density at radius 3 is 2.71 bits per heavy atom. The Kier molecular flexibility index (Phi) is 6.21. The number of carboxylic acids is 1. The molecule has 1 aromatic carbocycles. The van der Waals surface area contributed by atoms with Gasteiger partial charge in [-0.3, -0.25) is 0 Å². The van der Waals surface area contributed by atoms with Crippen molar-refractivity contribution in [1.29, 1.82) is 0 Å². The van der Waals surface area contributed by atoms with Crippen LogP contribution in [0.5, 0.6) is 0 Å². The summed E-state index contributed by atoms with van der Waals surface area (Å²) < 4.78 is 0. The van der Waals surface area contributed by atoms with E-state index in [4.69, 9.17) is 5.11 Å². The first kappa shape index (κ1) is 17.8. The van der Waals surface area contributed by atoms with Crippen LogP contribution in [0.3, 0.4) is 0 Å². The molecule has 6 heteroatoms. The smallest absolute Gasteiger partial charge is 0.328 e. The highest BCUT2D eigenvalue weighted by Gasteiger charge is 2.22. The van der Waals surface area contributed by atoms with Gasteiger partial charge in [0.1, 0.15) is 5.82 Å². The van der Waals surface area contributed by atoms with Crippen molar-refractivity contribution in [3.8, 4) is 0 Å². The van der Waals surface area contributed by atoms with E-state index in [9.17, 15) is 4.79 Å². The molecule has 1 aliphatic heterocycles. The van der Waals surface area contributed by atoms with Gasteiger partial charge in [-0.1, -0.05) is 18.2 Å². The minimum atomic E-state index is -0.959. The third-order valence-corrected chi connectivity index (χ3v) is 3.87. The molecule has 3 rings (SSSR count). The molecule has 1 atom stereocenters. The molecule has 0 spiro atoms. The third kappa shape index (κ3) is 4.73. The number of halogens is 1. The fourth-order valence-electron chi connectivity index (χ4n) is 2.72. The molecule has 1 saturated heterocycles. The molecule has 0 unspecified atom stereocenters. The van der Waals surface area contributed by atoms with E-state index in [1.807, 2.05) is 18.2 Å². The third-order valence-electron chi connectivity index (χ3n) is 3.87. The molecule has 2 aromatic rings. The number of hydrogen-bond acceptors (Lipinski definition) is 4. The highest BCUT2D eigenvalue weighted by Crippen LogP contribution is 2.21. The maximum absolute atomic E-state index is 10.5. The van der Waals surface area contributed by atoms with Crippen LogP contribution in [-0.2, 0) is 4.79 Å².